The molecule has 1 N–H and O–H groups in total. The molecule has 1 amide bonds. The molecule has 1 aromatic heterocycles. The Morgan fingerprint density at radius 2 is 1.83 bits per heavy atom. The number of hydrogen-bond donors (Lipinski definition) is 1. The smallest absolute Gasteiger partial charge is 0.251 e. The first kappa shape index (κ1) is 17.7. The second-order valence-corrected chi connectivity index (χ2v) is 7.39. The molecule has 8 heteroatoms. The fourth-order valence-corrected chi connectivity index (χ4v) is 3.81. The summed E-state index contributed by atoms with van der Waals surface area (Å²) < 4.78 is 12.2. The molecular weight excluding hydrogens is 370 g/mol. The molecule has 2 heterocycles. The number of nitrogens with one attached hydrogen (secondary N) is 1. The molecule has 1 saturated carbocycles. The molecule has 1 fully saturated rings. The third kappa shape index (κ3) is 3.65. The fraction of sp³-hybridized carbons (Fsp3) is 0.333. The van der Waals surface area contributed by atoms with E-state index in [0.29, 0.717) is 17.3 Å². The highest BCUT2D eigenvalue weighted by atomic mass is 16.7. The second-order valence-electron chi connectivity index (χ2n) is 7.39. The van der Waals surface area contributed by atoms with Crippen LogP contribution >= 0.6 is 0 Å². The van der Waals surface area contributed by atoms with Gasteiger partial charge in [0.2, 0.25) is 11.7 Å². The van der Waals surface area contributed by atoms with Crippen molar-refractivity contribution in [2.24, 2.45) is 0 Å². The number of benzene rings is 2. The van der Waals surface area contributed by atoms with Crippen molar-refractivity contribution >= 4 is 11.6 Å². The highest BCUT2D eigenvalue weighted by Gasteiger charge is 2.42. The van der Waals surface area contributed by atoms with E-state index in [9.17, 15) is 4.79 Å². The number of carbonyl (C=O) groups is 1. The average Bonchev–Trinajstić information content (AvgIpc) is 3.33. The lowest BCUT2D eigenvalue weighted by Gasteiger charge is -2.31. The molecule has 0 saturated heterocycles. The molecular formula is C21H21N5O3. The summed E-state index contributed by atoms with van der Waals surface area (Å²) in [5, 5.41) is 15.1. The average molecular weight is 391 g/mol. The van der Waals surface area contributed by atoms with E-state index in [1.54, 1.807) is 6.07 Å². The van der Waals surface area contributed by atoms with E-state index >= 15 is 0 Å². The Kier molecular flexibility index (Phi) is 4.38. The molecule has 0 radical (unpaired) electrons. The van der Waals surface area contributed by atoms with E-state index in [1.165, 1.54) is 11.2 Å². The number of anilines is 1. The minimum Gasteiger partial charge on any atom is -0.448 e. The lowest BCUT2D eigenvalue weighted by Crippen LogP contribution is -2.40. The van der Waals surface area contributed by atoms with Crippen molar-refractivity contribution in [2.45, 2.75) is 44.4 Å². The molecule has 29 heavy (non-hydrogen) atoms. The Labute approximate surface area is 167 Å². The van der Waals surface area contributed by atoms with Crippen molar-refractivity contribution in [2.75, 3.05) is 5.32 Å². The Hall–Kier alpha value is -3.42. The lowest BCUT2D eigenvalue weighted by molar-refractivity contribution is -0.117. The summed E-state index contributed by atoms with van der Waals surface area (Å²) in [6.07, 6.45) is 5.21. The Balaban J connectivity index is 1.23. The van der Waals surface area contributed by atoms with Crippen molar-refractivity contribution < 1.29 is 14.3 Å². The summed E-state index contributed by atoms with van der Waals surface area (Å²) >= 11 is 0. The highest BCUT2D eigenvalue weighted by Crippen LogP contribution is 2.46. The normalized spacial score (nSPS) is 16.7. The molecule has 2 aromatic carbocycles. The van der Waals surface area contributed by atoms with Gasteiger partial charge < -0.3 is 14.8 Å². The quantitative estimate of drug-likeness (QED) is 0.733. The second kappa shape index (κ2) is 7.20. The minimum absolute atomic E-state index is 0.0296. The van der Waals surface area contributed by atoms with Crippen molar-refractivity contribution in [1.82, 2.24) is 20.2 Å². The number of aromatic nitrogens is 4. The van der Waals surface area contributed by atoms with Gasteiger partial charge in [-0.2, -0.15) is 4.80 Å². The molecule has 8 nitrogen and oxygen atoms in total. The van der Waals surface area contributed by atoms with E-state index < -0.39 is 5.79 Å². The third-order valence-corrected chi connectivity index (χ3v) is 5.20. The van der Waals surface area contributed by atoms with E-state index in [1.807, 2.05) is 42.5 Å². The number of carbonyl (C=O) groups excluding carboxylic acids is 1. The summed E-state index contributed by atoms with van der Waals surface area (Å²) in [4.78, 5) is 13.7. The Bertz CT molecular complexity index is 1030. The van der Waals surface area contributed by atoms with Crippen LogP contribution in [0.4, 0.5) is 5.69 Å². The summed E-state index contributed by atoms with van der Waals surface area (Å²) in [5.74, 6) is 1.12. The van der Waals surface area contributed by atoms with Crippen LogP contribution < -0.4 is 14.8 Å². The monoisotopic (exact) mass is 391 g/mol. The van der Waals surface area contributed by atoms with E-state index in [-0.39, 0.29) is 12.5 Å². The van der Waals surface area contributed by atoms with E-state index in [2.05, 4.69) is 20.7 Å². The maximum Gasteiger partial charge on any atom is 0.251 e. The molecule has 1 aliphatic heterocycles. The van der Waals surface area contributed by atoms with Gasteiger partial charge in [0.1, 0.15) is 6.54 Å². The summed E-state index contributed by atoms with van der Waals surface area (Å²) in [6.45, 7) is -0.0296. The zero-order valence-electron chi connectivity index (χ0n) is 15.9. The molecule has 0 unspecified atom stereocenters. The molecule has 148 valence electrons. The van der Waals surface area contributed by atoms with Gasteiger partial charge in [0.15, 0.2) is 11.5 Å². The topological polar surface area (TPSA) is 91.2 Å². The van der Waals surface area contributed by atoms with Crippen LogP contribution in [0.25, 0.3) is 11.4 Å². The zero-order chi connectivity index (χ0) is 19.7. The van der Waals surface area contributed by atoms with Gasteiger partial charge in [-0.05, 0) is 30.2 Å². The first-order valence-corrected chi connectivity index (χ1v) is 9.84. The number of ether oxygens (including phenoxy) is 2. The maximum absolute atomic E-state index is 12.4. The number of fused-ring (bicyclic) bond motifs is 1. The maximum atomic E-state index is 12.4. The van der Waals surface area contributed by atoms with Crippen molar-refractivity contribution in [3.63, 3.8) is 0 Å². The van der Waals surface area contributed by atoms with Crippen LogP contribution in [0.1, 0.15) is 32.1 Å². The number of hydrogen-bond acceptors (Lipinski definition) is 6. The lowest BCUT2D eigenvalue weighted by atomic mass is 9.94. The first-order chi connectivity index (χ1) is 14.2. The van der Waals surface area contributed by atoms with E-state index in [0.717, 1.165) is 37.0 Å². The fourth-order valence-electron chi connectivity index (χ4n) is 3.81. The van der Waals surface area contributed by atoms with Gasteiger partial charge in [0.25, 0.3) is 5.79 Å². The van der Waals surface area contributed by atoms with E-state index in [4.69, 9.17) is 9.47 Å². The number of nitrogens with zero attached hydrogens (tertiary/aromatic N) is 4. The summed E-state index contributed by atoms with van der Waals surface area (Å²) in [5.41, 5.74) is 1.50. The SMILES string of the molecule is O=C(Cn1nnc(-c2ccccc2)n1)Nc1ccc2c(c1)OC1(CCCCC1)O2. The van der Waals surface area contributed by atoms with Gasteiger partial charge in [0, 0.05) is 30.2 Å². The standard InChI is InChI=1S/C21H21N5O3/c27-19(14-26-24-20(23-25-26)15-7-3-1-4-8-15)22-16-9-10-17-18(13-16)29-21(28-17)11-5-2-6-12-21/h1,3-4,7-10,13H,2,5-6,11-12,14H2,(H,22,27). The summed E-state index contributed by atoms with van der Waals surface area (Å²) in [7, 11) is 0. The predicted molar refractivity (Wildman–Crippen MR) is 105 cm³/mol. The van der Waals surface area contributed by atoms with Gasteiger partial charge in [-0.3, -0.25) is 4.79 Å². The molecule has 5 rings (SSSR count). The number of tetrazole rings is 1. The van der Waals surface area contributed by atoms with Crippen LogP contribution in [-0.2, 0) is 11.3 Å². The van der Waals surface area contributed by atoms with Crippen LogP contribution in [0.5, 0.6) is 11.5 Å². The van der Waals surface area contributed by atoms with Crippen LogP contribution in [0.2, 0.25) is 0 Å². The largest absolute Gasteiger partial charge is 0.448 e. The van der Waals surface area contributed by atoms with Gasteiger partial charge in [0.05, 0.1) is 0 Å². The Morgan fingerprint density at radius 1 is 1.03 bits per heavy atom. The molecule has 2 aliphatic rings. The van der Waals surface area contributed by atoms with Gasteiger partial charge in [-0.1, -0.05) is 36.8 Å². The van der Waals surface area contributed by atoms with Crippen molar-refractivity contribution in [3.05, 3.63) is 48.5 Å². The van der Waals surface area contributed by atoms with Crippen molar-refractivity contribution in [1.29, 1.82) is 0 Å². The predicted octanol–water partition coefficient (Wildman–Crippen LogP) is 3.41. The van der Waals surface area contributed by atoms with Gasteiger partial charge in [-0.25, -0.2) is 0 Å². The van der Waals surface area contributed by atoms with Gasteiger partial charge >= 0.3 is 0 Å². The highest BCUT2D eigenvalue weighted by molar-refractivity contribution is 5.90. The van der Waals surface area contributed by atoms with Crippen LogP contribution in [-0.4, -0.2) is 31.9 Å². The van der Waals surface area contributed by atoms with Crippen LogP contribution in [0, 0.1) is 0 Å². The third-order valence-electron chi connectivity index (χ3n) is 5.20. The minimum atomic E-state index is -0.526. The number of rotatable bonds is 4. The van der Waals surface area contributed by atoms with Gasteiger partial charge in [-0.15, -0.1) is 10.2 Å². The zero-order valence-corrected chi connectivity index (χ0v) is 15.9. The molecule has 1 aliphatic carbocycles. The molecule has 1 spiro atoms. The van der Waals surface area contributed by atoms with Crippen LogP contribution in [0.15, 0.2) is 48.5 Å². The molecule has 0 bridgehead atoms. The Morgan fingerprint density at radius 3 is 2.66 bits per heavy atom. The van der Waals surface area contributed by atoms with Crippen molar-refractivity contribution in [3.8, 4) is 22.9 Å². The first-order valence-electron chi connectivity index (χ1n) is 9.84. The number of amides is 1. The molecule has 0 atom stereocenters. The summed E-state index contributed by atoms with van der Waals surface area (Å²) in [6, 6.07) is 15.0. The molecule has 3 aromatic rings. The van der Waals surface area contributed by atoms with Crippen LogP contribution in [0.3, 0.4) is 0 Å².